The molecule has 1 aliphatic heterocycles. The molecule has 0 bridgehead atoms. The lowest BCUT2D eigenvalue weighted by Crippen LogP contribution is -2.50. The smallest absolute Gasteiger partial charge is 0.308 e. The van der Waals surface area contributed by atoms with Crippen LogP contribution in [0.4, 0.5) is 8.78 Å². The van der Waals surface area contributed by atoms with Gasteiger partial charge in [0.2, 0.25) is 5.91 Å². The van der Waals surface area contributed by atoms with E-state index >= 15 is 0 Å². The molecule has 2 amide bonds. The summed E-state index contributed by atoms with van der Waals surface area (Å²) in [7, 11) is 0. The first kappa shape index (κ1) is 17.8. The molecule has 2 rings (SSSR count). The topological polar surface area (TPSA) is 86.7 Å². The highest BCUT2D eigenvalue weighted by Crippen LogP contribution is 2.22. The molecule has 1 aromatic carbocycles. The van der Waals surface area contributed by atoms with E-state index in [0.29, 0.717) is 12.8 Å². The fourth-order valence-electron chi connectivity index (χ4n) is 2.65. The van der Waals surface area contributed by atoms with Gasteiger partial charge in [0, 0.05) is 18.2 Å². The molecule has 8 heteroatoms. The third-order valence-corrected chi connectivity index (χ3v) is 4.13. The minimum absolute atomic E-state index is 0.0936. The second-order valence-corrected chi connectivity index (χ2v) is 5.82. The molecule has 2 unspecified atom stereocenters. The molecule has 0 saturated carbocycles. The highest BCUT2D eigenvalue weighted by molar-refractivity contribution is 5.96. The second kappa shape index (κ2) is 7.37. The zero-order chi connectivity index (χ0) is 17.9. The van der Waals surface area contributed by atoms with Gasteiger partial charge in [-0.1, -0.05) is 0 Å². The second-order valence-electron chi connectivity index (χ2n) is 5.82. The van der Waals surface area contributed by atoms with Gasteiger partial charge in [-0.15, -0.1) is 0 Å². The maximum absolute atomic E-state index is 13.1. The number of carbonyl (C=O) groups excluding carboxylic acids is 2. The Balaban J connectivity index is 1.95. The van der Waals surface area contributed by atoms with Gasteiger partial charge >= 0.3 is 5.97 Å². The lowest BCUT2D eigenvalue weighted by Gasteiger charge is -2.36. The zero-order valence-corrected chi connectivity index (χ0v) is 13.1. The molecule has 1 fully saturated rings. The van der Waals surface area contributed by atoms with Gasteiger partial charge in [-0.05, 0) is 38.0 Å². The Hall–Kier alpha value is -2.51. The maximum Gasteiger partial charge on any atom is 0.308 e. The number of halogens is 2. The number of piperidine rings is 1. The van der Waals surface area contributed by atoms with E-state index in [1.807, 2.05) is 6.92 Å². The molecular formula is C16H18F2N2O4. The van der Waals surface area contributed by atoms with E-state index in [4.69, 9.17) is 5.11 Å². The highest BCUT2D eigenvalue weighted by atomic mass is 19.2. The number of aliphatic carboxylic acids is 1. The number of benzene rings is 1. The van der Waals surface area contributed by atoms with Gasteiger partial charge in [-0.3, -0.25) is 14.4 Å². The fourth-order valence-corrected chi connectivity index (χ4v) is 2.65. The van der Waals surface area contributed by atoms with Crippen LogP contribution in [0.5, 0.6) is 0 Å². The van der Waals surface area contributed by atoms with Gasteiger partial charge in [0.15, 0.2) is 11.6 Å². The summed E-state index contributed by atoms with van der Waals surface area (Å²) in [6.07, 6.45) is 1.07. The van der Waals surface area contributed by atoms with Crippen molar-refractivity contribution in [1.82, 2.24) is 10.2 Å². The molecule has 1 aromatic rings. The molecule has 2 atom stereocenters. The number of rotatable bonds is 4. The van der Waals surface area contributed by atoms with Crippen LogP contribution >= 0.6 is 0 Å². The van der Waals surface area contributed by atoms with E-state index in [-0.39, 0.29) is 24.7 Å². The van der Waals surface area contributed by atoms with Crippen LogP contribution in [0.25, 0.3) is 0 Å². The van der Waals surface area contributed by atoms with Crippen molar-refractivity contribution in [3.8, 4) is 0 Å². The Morgan fingerprint density at radius 2 is 1.96 bits per heavy atom. The lowest BCUT2D eigenvalue weighted by atomic mass is 9.93. The van der Waals surface area contributed by atoms with Crippen LogP contribution in [0.15, 0.2) is 18.2 Å². The van der Waals surface area contributed by atoms with E-state index in [9.17, 15) is 23.2 Å². The van der Waals surface area contributed by atoms with Crippen LogP contribution in [-0.2, 0) is 9.59 Å². The Bertz CT molecular complexity index is 665. The summed E-state index contributed by atoms with van der Waals surface area (Å²) >= 11 is 0. The number of nitrogens with one attached hydrogen (secondary N) is 1. The number of amides is 2. The van der Waals surface area contributed by atoms with E-state index < -0.39 is 35.3 Å². The van der Waals surface area contributed by atoms with Crippen LogP contribution < -0.4 is 5.32 Å². The van der Waals surface area contributed by atoms with Crippen molar-refractivity contribution in [2.45, 2.75) is 25.8 Å². The van der Waals surface area contributed by atoms with Gasteiger partial charge < -0.3 is 15.3 Å². The van der Waals surface area contributed by atoms with Gasteiger partial charge in [-0.2, -0.15) is 0 Å². The standard InChI is InChI=1S/C16H18F2N2O4/c1-9-2-3-11(16(23)24)8-20(9)14(21)7-19-15(22)10-4-5-12(17)13(18)6-10/h4-6,9,11H,2-3,7-8H2,1H3,(H,19,22)(H,23,24). The molecule has 0 aliphatic carbocycles. The number of hydrogen-bond donors (Lipinski definition) is 2. The first-order valence-electron chi connectivity index (χ1n) is 7.55. The molecule has 0 aromatic heterocycles. The SMILES string of the molecule is CC1CCC(C(=O)O)CN1C(=O)CNC(=O)c1ccc(F)c(F)c1. The van der Waals surface area contributed by atoms with Crippen molar-refractivity contribution in [3.05, 3.63) is 35.4 Å². The Kier molecular flexibility index (Phi) is 5.48. The van der Waals surface area contributed by atoms with Crippen molar-refractivity contribution in [3.63, 3.8) is 0 Å². The molecule has 6 nitrogen and oxygen atoms in total. The predicted octanol–water partition coefficient (Wildman–Crippen LogP) is 1.41. The largest absolute Gasteiger partial charge is 0.481 e. The molecule has 130 valence electrons. The first-order valence-corrected chi connectivity index (χ1v) is 7.55. The average Bonchev–Trinajstić information content (AvgIpc) is 2.55. The van der Waals surface area contributed by atoms with Crippen LogP contribution in [0.3, 0.4) is 0 Å². The van der Waals surface area contributed by atoms with Gasteiger partial charge in [0.05, 0.1) is 12.5 Å². The molecule has 0 radical (unpaired) electrons. The summed E-state index contributed by atoms with van der Waals surface area (Å²) in [6, 6.07) is 2.57. The van der Waals surface area contributed by atoms with Crippen LogP contribution in [0.2, 0.25) is 0 Å². The minimum atomic E-state index is -1.15. The number of likely N-dealkylation sites (tertiary alicyclic amines) is 1. The van der Waals surface area contributed by atoms with Crippen LogP contribution in [-0.4, -0.2) is 46.9 Å². The predicted molar refractivity (Wildman–Crippen MR) is 80.2 cm³/mol. The molecule has 1 aliphatic rings. The first-order chi connectivity index (χ1) is 11.3. The average molecular weight is 340 g/mol. The van der Waals surface area contributed by atoms with Crippen molar-refractivity contribution in [1.29, 1.82) is 0 Å². The van der Waals surface area contributed by atoms with Crippen molar-refractivity contribution < 1.29 is 28.3 Å². The van der Waals surface area contributed by atoms with Crippen molar-refractivity contribution >= 4 is 17.8 Å². The highest BCUT2D eigenvalue weighted by Gasteiger charge is 2.32. The summed E-state index contributed by atoms with van der Waals surface area (Å²) in [4.78, 5) is 36.6. The molecule has 2 N–H and O–H groups in total. The molecule has 1 heterocycles. The van der Waals surface area contributed by atoms with Crippen molar-refractivity contribution in [2.75, 3.05) is 13.1 Å². The molecule has 24 heavy (non-hydrogen) atoms. The Morgan fingerprint density at radius 3 is 2.58 bits per heavy atom. The number of hydrogen-bond acceptors (Lipinski definition) is 3. The Morgan fingerprint density at radius 1 is 1.25 bits per heavy atom. The number of nitrogens with zero attached hydrogens (tertiary/aromatic N) is 1. The van der Waals surface area contributed by atoms with Crippen LogP contribution in [0, 0.1) is 17.6 Å². The van der Waals surface area contributed by atoms with Gasteiger partial charge in [0.1, 0.15) is 0 Å². The van der Waals surface area contributed by atoms with Crippen LogP contribution in [0.1, 0.15) is 30.1 Å². The zero-order valence-electron chi connectivity index (χ0n) is 13.1. The maximum atomic E-state index is 13.1. The molecular weight excluding hydrogens is 322 g/mol. The summed E-state index contributed by atoms with van der Waals surface area (Å²) in [5, 5.41) is 11.4. The van der Waals surface area contributed by atoms with Gasteiger partial charge in [-0.25, -0.2) is 8.78 Å². The van der Waals surface area contributed by atoms with E-state index in [1.165, 1.54) is 4.90 Å². The summed E-state index contributed by atoms with van der Waals surface area (Å²) in [6.45, 7) is 1.57. The summed E-state index contributed by atoms with van der Waals surface area (Å²) in [5.41, 5.74) is -0.100. The fraction of sp³-hybridized carbons (Fsp3) is 0.438. The number of carbonyl (C=O) groups is 3. The molecule has 1 saturated heterocycles. The quantitative estimate of drug-likeness (QED) is 0.868. The normalized spacial score (nSPS) is 20.5. The number of carboxylic acids is 1. The van der Waals surface area contributed by atoms with E-state index in [2.05, 4.69) is 5.32 Å². The van der Waals surface area contributed by atoms with E-state index in [0.717, 1.165) is 18.2 Å². The third kappa shape index (κ3) is 4.06. The summed E-state index contributed by atoms with van der Waals surface area (Å²) in [5.74, 6) is -4.91. The lowest BCUT2D eigenvalue weighted by molar-refractivity contribution is -0.146. The molecule has 0 spiro atoms. The van der Waals surface area contributed by atoms with Crippen molar-refractivity contribution in [2.24, 2.45) is 5.92 Å². The summed E-state index contributed by atoms with van der Waals surface area (Å²) < 4.78 is 26.0. The third-order valence-electron chi connectivity index (χ3n) is 4.13. The van der Waals surface area contributed by atoms with Gasteiger partial charge in [0.25, 0.3) is 5.91 Å². The monoisotopic (exact) mass is 340 g/mol. The number of carboxylic acid groups (broad SMARTS) is 1. The minimum Gasteiger partial charge on any atom is -0.481 e. The Labute approximate surface area is 137 Å². The van der Waals surface area contributed by atoms with E-state index in [1.54, 1.807) is 0 Å².